The SMILES string of the molecule is CCc1c([C]=O)oc2ccc(C=O)cc12. The lowest BCUT2D eigenvalue weighted by atomic mass is 10.1. The maximum Gasteiger partial charge on any atom is 0.272 e. The summed E-state index contributed by atoms with van der Waals surface area (Å²) in [6.07, 6.45) is 3.22. The summed E-state index contributed by atoms with van der Waals surface area (Å²) >= 11 is 0. The minimum absolute atomic E-state index is 0.232. The first-order chi connectivity index (χ1) is 7.30. The zero-order valence-electron chi connectivity index (χ0n) is 8.24. The largest absolute Gasteiger partial charge is 0.452 e. The molecule has 0 fully saturated rings. The molecule has 0 aliphatic carbocycles. The van der Waals surface area contributed by atoms with Crippen molar-refractivity contribution in [2.24, 2.45) is 0 Å². The standard InChI is InChI=1S/C12H9O3/c1-2-9-10-5-8(6-13)3-4-11(10)15-12(9)7-14/h3-6H,2H2,1H3. The minimum Gasteiger partial charge on any atom is -0.452 e. The minimum atomic E-state index is 0.232. The normalized spacial score (nSPS) is 10.5. The van der Waals surface area contributed by atoms with E-state index in [1.807, 2.05) is 6.92 Å². The Morgan fingerprint density at radius 2 is 2.27 bits per heavy atom. The van der Waals surface area contributed by atoms with E-state index >= 15 is 0 Å². The zero-order chi connectivity index (χ0) is 10.8. The first kappa shape index (κ1) is 9.65. The Morgan fingerprint density at radius 1 is 1.47 bits per heavy atom. The second-order valence-corrected chi connectivity index (χ2v) is 3.24. The van der Waals surface area contributed by atoms with E-state index < -0.39 is 0 Å². The number of aldehydes is 1. The first-order valence-corrected chi connectivity index (χ1v) is 4.69. The quantitative estimate of drug-likeness (QED) is 0.715. The van der Waals surface area contributed by atoms with Crippen molar-refractivity contribution in [3.05, 3.63) is 35.1 Å². The molecule has 0 saturated carbocycles. The number of fused-ring (bicyclic) bond motifs is 1. The summed E-state index contributed by atoms with van der Waals surface area (Å²) in [5.41, 5.74) is 2.01. The maximum absolute atomic E-state index is 10.6. The van der Waals surface area contributed by atoms with E-state index in [0.29, 0.717) is 17.6 Å². The molecule has 1 aromatic carbocycles. The molecule has 0 amide bonds. The van der Waals surface area contributed by atoms with Gasteiger partial charge in [-0.3, -0.25) is 9.59 Å². The third kappa shape index (κ3) is 1.46. The van der Waals surface area contributed by atoms with Gasteiger partial charge >= 0.3 is 0 Å². The first-order valence-electron chi connectivity index (χ1n) is 4.69. The number of carbonyl (C=O) groups excluding carboxylic acids is 2. The molecular formula is C12H9O3. The molecule has 3 heteroatoms. The molecule has 1 aromatic heterocycles. The molecule has 0 aliphatic rings. The molecular weight excluding hydrogens is 192 g/mol. The fourth-order valence-electron chi connectivity index (χ4n) is 1.67. The van der Waals surface area contributed by atoms with E-state index in [0.717, 1.165) is 17.2 Å². The van der Waals surface area contributed by atoms with Gasteiger partial charge in [0.2, 0.25) is 0 Å². The third-order valence-electron chi connectivity index (χ3n) is 2.40. The lowest BCUT2D eigenvalue weighted by molar-refractivity contribution is 0.112. The summed E-state index contributed by atoms with van der Waals surface area (Å²) in [7, 11) is 0. The van der Waals surface area contributed by atoms with Gasteiger partial charge in [-0.25, -0.2) is 0 Å². The van der Waals surface area contributed by atoms with Crippen molar-refractivity contribution in [3.8, 4) is 0 Å². The summed E-state index contributed by atoms with van der Waals surface area (Å²) < 4.78 is 5.30. The smallest absolute Gasteiger partial charge is 0.272 e. The number of carbonyl (C=O) groups is 1. The number of furan rings is 1. The fraction of sp³-hybridized carbons (Fsp3) is 0.167. The van der Waals surface area contributed by atoms with Gasteiger partial charge in [0, 0.05) is 16.5 Å². The second kappa shape index (κ2) is 3.69. The predicted octanol–water partition coefficient (Wildman–Crippen LogP) is 2.27. The van der Waals surface area contributed by atoms with Crippen LogP contribution in [0.4, 0.5) is 0 Å². The van der Waals surface area contributed by atoms with Crippen LogP contribution in [-0.4, -0.2) is 12.6 Å². The molecule has 0 saturated heterocycles. The van der Waals surface area contributed by atoms with Crippen molar-refractivity contribution < 1.29 is 14.0 Å². The van der Waals surface area contributed by atoms with Crippen molar-refractivity contribution >= 4 is 23.5 Å². The van der Waals surface area contributed by atoms with E-state index in [1.165, 1.54) is 0 Å². The molecule has 1 heterocycles. The highest BCUT2D eigenvalue weighted by atomic mass is 16.3. The van der Waals surface area contributed by atoms with Gasteiger partial charge in [0.15, 0.2) is 5.76 Å². The molecule has 0 bridgehead atoms. The Labute approximate surface area is 86.7 Å². The molecule has 0 atom stereocenters. The Kier molecular flexibility index (Phi) is 2.37. The zero-order valence-corrected chi connectivity index (χ0v) is 8.24. The van der Waals surface area contributed by atoms with Gasteiger partial charge in [0.25, 0.3) is 6.29 Å². The number of benzene rings is 1. The molecule has 0 N–H and O–H groups in total. The lowest BCUT2D eigenvalue weighted by Gasteiger charge is -1.93. The van der Waals surface area contributed by atoms with Gasteiger partial charge in [-0.1, -0.05) is 6.92 Å². The molecule has 75 valence electrons. The van der Waals surface area contributed by atoms with Crippen molar-refractivity contribution in [1.82, 2.24) is 0 Å². The Balaban J connectivity index is 2.78. The highest BCUT2D eigenvalue weighted by Crippen LogP contribution is 2.26. The van der Waals surface area contributed by atoms with Crippen LogP contribution >= 0.6 is 0 Å². The lowest BCUT2D eigenvalue weighted by Crippen LogP contribution is -1.85. The molecule has 3 nitrogen and oxygen atoms in total. The Hall–Kier alpha value is -1.90. The van der Waals surface area contributed by atoms with Crippen LogP contribution in [0.2, 0.25) is 0 Å². The van der Waals surface area contributed by atoms with Gasteiger partial charge in [0.1, 0.15) is 11.9 Å². The number of hydrogen-bond donors (Lipinski definition) is 0. The average Bonchev–Trinajstić information content (AvgIpc) is 2.65. The molecule has 2 rings (SSSR count). The van der Waals surface area contributed by atoms with Crippen LogP contribution in [0.5, 0.6) is 0 Å². The van der Waals surface area contributed by atoms with Crippen LogP contribution in [-0.2, 0) is 11.2 Å². The van der Waals surface area contributed by atoms with Gasteiger partial charge in [-0.15, -0.1) is 0 Å². The summed E-state index contributed by atoms with van der Waals surface area (Å²) in [5.74, 6) is 0.232. The second-order valence-electron chi connectivity index (χ2n) is 3.24. The van der Waals surface area contributed by atoms with Crippen molar-refractivity contribution in [2.45, 2.75) is 13.3 Å². The van der Waals surface area contributed by atoms with Crippen molar-refractivity contribution in [1.29, 1.82) is 0 Å². The number of aryl methyl sites for hydroxylation is 1. The fourth-order valence-corrected chi connectivity index (χ4v) is 1.67. The van der Waals surface area contributed by atoms with Crippen LogP contribution in [0, 0.1) is 0 Å². The van der Waals surface area contributed by atoms with Gasteiger partial charge < -0.3 is 4.42 Å². The average molecular weight is 201 g/mol. The highest BCUT2D eigenvalue weighted by Gasteiger charge is 2.12. The topological polar surface area (TPSA) is 47.3 Å². The van der Waals surface area contributed by atoms with Crippen LogP contribution in [0.25, 0.3) is 11.0 Å². The summed E-state index contributed by atoms with van der Waals surface area (Å²) in [6.45, 7) is 1.93. The number of rotatable bonds is 3. The summed E-state index contributed by atoms with van der Waals surface area (Å²) in [5, 5.41) is 0.820. The Morgan fingerprint density at radius 3 is 2.87 bits per heavy atom. The molecule has 0 aliphatic heterocycles. The predicted molar refractivity (Wildman–Crippen MR) is 55.8 cm³/mol. The summed E-state index contributed by atoms with van der Waals surface area (Å²) in [6, 6.07) is 5.08. The highest BCUT2D eigenvalue weighted by molar-refractivity contribution is 5.93. The molecule has 2 aromatic rings. The van der Waals surface area contributed by atoms with Crippen molar-refractivity contribution in [3.63, 3.8) is 0 Å². The van der Waals surface area contributed by atoms with Crippen LogP contribution < -0.4 is 0 Å². The van der Waals surface area contributed by atoms with E-state index in [4.69, 9.17) is 4.42 Å². The van der Waals surface area contributed by atoms with Crippen molar-refractivity contribution in [2.75, 3.05) is 0 Å². The molecule has 0 unspecified atom stereocenters. The summed E-state index contributed by atoms with van der Waals surface area (Å²) in [4.78, 5) is 21.2. The van der Waals surface area contributed by atoms with E-state index in [9.17, 15) is 9.59 Å². The van der Waals surface area contributed by atoms with Gasteiger partial charge in [0.05, 0.1) is 0 Å². The Bertz CT molecular complexity index is 523. The van der Waals surface area contributed by atoms with Crippen LogP contribution in [0.1, 0.15) is 28.6 Å². The maximum atomic E-state index is 10.6. The van der Waals surface area contributed by atoms with E-state index in [-0.39, 0.29) is 5.76 Å². The van der Waals surface area contributed by atoms with Crippen LogP contribution in [0.3, 0.4) is 0 Å². The monoisotopic (exact) mass is 201 g/mol. The molecule has 0 spiro atoms. The molecule has 1 radical (unpaired) electrons. The number of hydrogen-bond acceptors (Lipinski definition) is 3. The van der Waals surface area contributed by atoms with Gasteiger partial charge in [-0.05, 0) is 24.6 Å². The third-order valence-corrected chi connectivity index (χ3v) is 2.40. The van der Waals surface area contributed by atoms with Crippen LogP contribution in [0.15, 0.2) is 22.6 Å². The van der Waals surface area contributed by atoms with E-state index in [1.54, 1.807) is 24.5 Å². The van der Waals surface area contributed by atoms with E-state index in [2.05, 4.69) is 0 Å². The molecule has 15 heavy (non-hydrogen) atoms. The van der Waals surface area contributed by atoms with Gasteiger partial charge in [-0.2, -0.15) is 0 Å².